The van der Waals surface area contributed by atoms with Gasteiger partial charge in [0.25, 0.3) is 0 Å². The summed E-state index contributed by atoms with van der Waals surface area (Å²) in [4.78, 5) is 9.64. The minimum absolute atomic E-state index is 0.0159. The van der Waals surface area contributed by atoms with Crippen LogP contribution in [0.15, 0.2) is 36.4 Å². The smallest absolute Gasteiger partial charge is 0.417 e. The number of rotatable bonds is 3. The fourth-order valence-electron chi connectivity index (χ4n) is 2.40. The number of aromatic nitrogens is 1. The number of anilines is 1. The molecule has 0 atom stereocenters. The van der Waals surface area contributed by atoms with Crippen molar-refractivity contribution >= 4 is 16.6 Å². The number of benzene rings is 1. The molecule has 2 heterocycles. The van der Waals surface area contributed by atoms with Crippen molar-refractivity contribution in [3.8, 4) is 5.75 Å². The second kappa shape index (κ2) is 5.73. The molecule has 0 unspecified atom stereocenters. The third-order valence-electron chi connectivity index (χ3n) is 3.45. The van der Waals surface area contributed by atoms with Crippen molar-refractivity contribution < 1.29 is 22.7 Å². The van der Waals surface area contributed by atoms with Gasteiger partial charge >= 0.3 is 6.18 Å². The maximum absolute atomic E-state index is 13.2. The predicted octanol–water partition coefficient (Wildman–Crippen LogP) is 4.66. The summed E-state index contributed by atoms with van der Waals surface area (Å²) in [6.45, 7) is 4.16. The molecule has 1 aliphatic rings. The Hall–Kier alpha value is -2.28. The van der Waals surface area contributed by atoms with Crippen molar-refractivity contribution in [3.63, 3.8) is 0 Å². The zero-order chi connectivity index (χ0) is 16.6. The zero-order valence-corrected chi connectivity index (χ0v) is 12.6. The van der Waals surface area contributed by atoms with Crippen LogP contribution in [-0.2, 0) is 11.0 Å². The number of hydroxylamine groups is 1. The average molecular weight is 324 g/mol. The summed E-state index contributed by atoms with van der Waals surface area (Å²) in [7, 11) is 0. The molecule has 0 radical (unpaired) electrons. The molecule has 0 amide bonds. The molecule has 4 nitrogen and oxygen atoms in total. The quantitative estimate of drug-likeness (QED) is 0.823. The summed E-state index contributed by atoms with van der Waals surface area (Å²) in [5.41, 5.74) is 0.585. The number of ether oxygens (including phenoxy) is 1. The van der Waals surface area contributed by atoms with E-state index < -0.39 is 11.7 Å². The van der Waals surface area contributed by atoms with E-state index in [0.29, 0.717) is 23.7 Å². The van der Waals surface area contributed by atoms with Crippen LogP contribution in [0.3, 0.4) is 0 Å². The molecule has 2 aromatic rings. The van der Waals surface area contributed by atoms with E-state index in [1.807, 2.05) is 6.92 Å². The van der Waals surface area contributed by atoms with Gasteiger partial charge in [0, 0.05) is 17.6 Å². The van der Waals surface area contributed by atoms with Gasteiger partial charge in [0.1, 0.15) is 11.9 Å². The molecule has 122 valence electrons. The van der Waals surface area contributed by atoms with E-state index in [4.69, 9.17) is 9.57 Å². The van der Waals surface area contributed by atoms with Gasteiger partial charge in [0.05, 0.1) is 23.4 Å². The SMILES string of the molecule is CCCON1C(C)=COc2cc3nccc(C(F)(F)F)c3cc21. The second-order valence-electron chi connectivity index (χ2n) is 5.20. The van der Waals surface area contributed by atoms with E-state index >= 15 is 0 Å². The number of allylic oxidation sites excluding steroid dienone is 1. The summed E-state index contributed by atoms with van der Waals surface area (Å²) >= 11 is 0. The van der Waals surface area contributed by atoms with Crippen molar-refractivity contribution in [3.05, 3.63) is 41.9 Å². The van der Waals surface area contributed by atoms with Gasteiger partial charge in [-0.05, 0) is 25.5 Å². The maximum atomic E-state index is 13.2. The van der Waals surface area contributed by atoms with Gasteiger partial charge in [-0.3, -0.25) is 9.82 Å². The fourth-order valence-corrected chi connectivity index (χ4v) is 2.40. The molecule has 0 aliphatic carbocycles. The highest BCUT2D eigenvalue weighted by Gasteiger charge is 2.33. The summed E-state index contributed by atoms with van der Waals surface area (Å²) < 4.78 is 45.1. The molecule has 0 fully saturated rings. The van der Waals surface area contributed by atoms with Gasteiger partial charge in [-0.25, -0.2) is 5.06 Å². The lowest BCUT2D eigenvalue weighted by molar-refractivity contribution is -0.136. The van der Waals surface area contributed by atoms with Gasteiger partial charge in [-0.1, -0.05) is 6.92 Å². The van der Waals surface area contributed by atoms with Crippen molar-refractivity contribution in [2.45, 2.75) is 26.4 Å². The van der Waals surface area contributed by atoms with Crippen molar-refractivity contribution in [2.75, 3.05) is 11.7 Å². The Kier molecular flexibility index (Phi) is 3.89. The third-order valence-corrected chi connectivity index (χ3v) is 3.45. The largest absolute Gasteiger partial charge is 0.461 e. The molecule has 0 N–H and O–H groups in total. The molecule has 0 spiro atoms. The molecular weight excluding hydrogens is 309 g/mol. The first-order chi connectivity index (χ1) is 10.9. The number of hydrogen-bond acceptors (Lipinski definition) is 4. The van der Waals surface area contributed by atoms with E-state index in [1.54, 1.807) is 6.92 Å². The fraction of sp³-hybridized carbons (Fsp3) is 0.312. The lowest BCUT2D eigenvalue weighted by Gasteiger charge is -2.29. The molecular formula is C16H15F3N2O2. The summed E-state index contributed by atoms with van der Waals surface area (Å²) in [5, 5.41) is 1.51. The molecule has 7 heteroatoms. The molecule has 3 rings (SSSR count). The number of nitrogens with zero attached hydrogens (tertiary/aromatic N) is 2. The predicted molar refractivity (Wildman–Crippen MR) is 79.9 cm³/mol. The molecule has 0 saturated carbocycles. The minimum Gasteiger partial charge on any atom is -0.461 e. The highest BCUT2D eigenvalue weighted by atomic mass is 19.4. The lowest BCUT2D eigenvalue weighted by atomic mass is 10.1. The number of hydrogen-bond donors (Lipinski definition) is 0. The Morgan fingerprint density at radius 1 is 1.30 bits per heavy atom. The van der Waals surface area contributed by atoms with Crippen LogP contribution in [0.1, 0.15) is 25.8 Å². The third kappa shape index (κ3) is 2.84. The first-order valence-corrected chi connectivity index (χ1v) is 7.18. The monoisotopic (exact) mass is 324 g/mol. The van der Waals surface area contributed by atoms with Gasteiger partial charge in [-0.15, -0.1) is 0 Å². The van der Waals surface area contributed by atoms with Crippen LogP contribution in [0.25, 0.3) is 10.9 Å². The van der Waals surface area contributed by atoms with Crippen LogP contribution in [0, 0.1) is 0 Å². The van der Waals surface area contributed by atoms with Gasteiger partial charge < -0.3 is 4.74 Å². The maximum Gasteiger partial charge on any atom is 0.417 e. The van der Waals surface area contributed by atoms with Crippen LogP contribution in [0.2, 0.25) is 0 Å². The molecule has 1 aliphatic heterocycles. The van der Waals surface area contributed by atoms with E-state index in [2.05, 4.69) is 4.98 Å². The number of fused-ring (bicyclic) bond motifs is 2. The molecule has 0 saturated heterocycles. The first kappa shape index (κ1) is 15.6. The van der Waals surface area contributed by atoms with Crippen molar-refractivity contribution in [1.29, 1.82) is 0 Å². The van der Waals surface area contributed by atoms with Gasteiger partial charge in [-0.2, -0.15) is 13.2 Å². The van der Waals surface area contributed by atoms with Gasteiger partial charge in [0.15, 0.2) is 5.75 Å². The zero-order valence-electron chi connectivity index (χ0n) is 12.6. The van der Waals surface area contributed by atoms with E-state index in [9.17, 15) is 13.2 Å². The summed E-state index contributed by atoms with van der Waals surface area (Å²) in [5.74, 6) is 0.408. The van der Waals surface area contributed by atoms with E-state index in [0.717, 1.165) is 18.7 Å². The van der Waals surface area contributed by atoms with Crippen LogP contribution < -0.4 is 9.80 Å². The van der Waals surface area contributed by atoms with E-state index in [1.165, 1.54) is 23.5 Å². The number of pyridine rings is 1. The second-order valence-corrected chi connectivity index (χ2v) is 5.20. The average Bonchev–Trinajstić information content (AvgIpc) is 2.51. The van der Waals surface area contributed by atoms with Crippen LogP contribution in [0.5, 0.6) is 5.75 Å². The summed E-state index contributed by atoms with van der Waals surface area (Å²) in [6.07, 6.45) is -1.03. The Balaban J connectivity index is 2.17. The normalized spacial score (nSPS) is 14.5. The Morgan fingerprint density at radius 2 is 2.09 bits per heavy atom. The Morgan fingerprint density at radius 3 is 2.78 bits per heavy atom. The van der Waals surface area contributed by atoms with Gasteiger partial charge in [0.2, 0.25) is 0 Å². The summed E-state index contributed by atoms with van der Waals surface area (Å²) in [6, 6.07) is 3.87. The molecule has 0 bridgehead atoms. The highest BCUT2D eigenvalue weighted by Crippen LogP contribution is 2.41. The molecule has 1 aromatic carbocycles. The highest BCUT2D eigenvalue weighted by molar-refractivity contribution is 5.89. The Labute approximate surface area is 131 Å². The van der Waals surface area contributed by atoms with E-state index in [-0.39, 0.29) is 10.9 Å². The number of halogens is 3. The Bertz CT molecular complexity index is 772. The standard InChI is InChI=1S/C16H15F3N2O2/c1-3-6-23-21-10(2)9-22-15-8-13-11(7-14(15)21)12(4-5-20-13)16(17,18)19/h4-5,7-9H,3,6H2,1-2H3. The number of alkyl halides is 3. The van der Waals surface area contributed by atoms with Crippen LogP contribution in [0.4, 0.5) is 18.9 Å². The lowest BCUT2D eigenvalue weighted by Crippen LogP contribution is -2.25. The van der Waals surface area contributed by atoms with Crippen molar-refractivity contribution in [2.24, 2.45) is 0 Å². The molecule has 1 aromatic heterocycles. The molecule has 23 heavy (non-hydrogen) atoms. The van der Waals surface area contributed by atoms with Crippen molar-refractivity contribution in [1.82, 2.24) is 4.98 Å². The van der Waals surface area contributed by atoms with Crippen LogP contribution >= 0.6 is 0 Å². The topological polar surface area (TPSA) is 34.6 Å². The van der Waals surface area contributed by atoms with Crippen LogP contribution in [-0.4, -0.2) is 11.6 Å². The minimum atomic E-state index is -4.45. The first-order valence-electron chi connectivity index (χ1n) is 7.18.